The van der Waals surface area contributed by atoms with Gasteiger partial charge in [0.25, 0.3) is 5.91 Å². The Morgan fingerprint density at radius 2 is 1.79 bits per heavy atom. The molecule has 0 bridgehead atoms. The van der Waals surface area contributed by atoms with E-state index in [1.54, 1.807) is 13.0 Å². The molecule has 1 N–H and O–H groups in total. The van der Waals surface area contributed by atoms with E-state index in [2.05, 4.69) is 5.32 Å². The Balaban J connectivity index is 2.19. The van der Waals surface area contributed by atoms with E-state index in [9.17, 15) is 9.59 Å². The molecule has 0 aliphatic heterocycles. The minimum atomic E-state index is -0.663. The Morgan fingerprint density at radius 3 is 2.41 bits per heavy atom. The molecule has 2 rings (SSSR count). The second-order valence-corrected chi connectivity index (χ2v) is 7.92. The zero-order chi connectivity index (χ0) is 21.6. The summed E-state index contributed by atoms with van der Waals surface area (Å²) < 4.78 is 5.76. The van der Waals surface area contributed by atoms with Crippen molar-refractivity contribution in [3.63, 3.8) is 0 Å². The summed E-state index contributed by atoms with van der Waals surface area (Å²) in [5, 5.41) is 3.41. The molecule has 156 valence electrons. The molecule has 0 saturated heterocycles. The minimum Gasteiger partial charge on any atom is -0.483 e. The molecule has 2 amide bonds. The second-order valence-electron chi connectivity index (χ2n) is 7.51. The highest BCUT2D eigenvalue weighted by Gasteiger charge is 2.27. The van der Waals surface area contributed by atoms with Crippen molar-refractivity contribution in [2.24, 2.45) is 0 Å². The summed E-state index contributed by atoms with van der Waals surface area (Å²) in [6.07, 6.45) is 0. The van der Waals surface area contributed by atoms with E-state index in [-0.39, 0.29) is 31.0 Å². The maximum Gasteiger partial charge on any atom is 0.261 e. The fourth-order valence-electron chi connectivity index (χ4n) is 2.98. The van der Waals surface area contributed by atoms with E-state index in [1.165, 1.54) is 4.90 Å². The van der Waals surface area contributed by atoms with Crippen LogP contribution in [0.2, 0.25) is 5.02 Å². The van der Waals surface area contributed by atoms with Crippen molar-refractivity contribution in [2.75, 3.05) is 6.61 Å². The Morgan fingerprint density at radius 1 is 1.10 bits per heavy atom. The zero-order valence-electron chi connectivity index (χ0n) is 17.7. The average molecular weight is 417 g/mol. The fourth-order valence-corrected chi connectivity index (χ4v) is 3.18. The number of benzene rings is 2. The molecule has 0 fully saturated rings. The van der Waals surface area contributed by atoms with Crippen molar-refractivity contribution in [3.8, 4) is 5.75 Å². The van der Waals surface area contributed by atoms with Crippen molar-refractivity contribution in [2.45, 2.75) is 53.2 Å². The Hall–Kier alpha value is -2.53. The molecular weight excluding hydrogens is 388 g/mol. The number of aryl methyl sites for hydroxylation is 2. The molecule has 0 aliphatic carbocycles. The number of hydrogen-bond acceptors (Lipinski definition) is 3. The molecule has 6 heteroatoms. The highest BCUT2D eigenvalue weighted by Crippen LogP contribution is 2.21. The van der Waals surface area contributed by atoms with Crippen LogP contribution in [0.15, 0.2) is 42.5 Å². The van der Waals surface area contributed by atoms with Crippen LogP contribution in [0, 0.1) is 13.8 Å². The molecule has 5 nitrogen and oxygen atoms in total. The van der Waals surface area contributed by atoms with Crippen LogP contribution in [-0.2, 0) is 16.1 Å². The Kier molecular flexibility index (Phi) is 8.09. The molecule has 0 radical (unpaired) electrons. The van der Waals surface area contributed by atoms with Gasteiger partial charge in [-0.25, -0.2) is 0 Å². The fraction of sp³-hybridized carbons (Fsp3) is 0.391. The Labute approximate surface area is 178 Å². The number of rotatable bonds is 8. The van der Waals surface area contributed by atoms with Gasteiger partial charge in [0, 0.05) is 17.6 Å². The normalized spacial score (nSPS) is 11.8. The summed E-state index contributed by atoms with van der Waals surface area (Å²) in [4.78, 5) is 27.1. The van der Waals surface area contributed by atoms with E-state index in [0.717, 1.165) is 16.7 Å². The number of nitrogens with zero attached hydrogens (tertiary/aromatic N) is 1. The van der Waals surface area contributed by atoms with Crippen LogP contribution in [0.3, 0.4) is 0 Å². The van der Waals surface area contributed by atoms with E-state index >= 15 is 0 Å². The van der Waals surface area contributed by atoms with Gasteiger partial charge >= 0.3 is 0 Å². The molecule has 0 spiro atoms. The number of amides is 2. The number of carbonyl (C=O) groups excluding carboxylic acids is 2. The second kappa shape index (κ2) is 10.3. The van der Waals surface area contributed by atoms with Gasteiger partial charge in [-0.15, -0.1) is 0 Å². The first-order chi connectivity index (χ1) is 13.7. The van der Waals surface area contributed by atoms with Crippen molar-refractivity contribution < 1.29 is 14.3 Å². The third-order valence-corrected chi connectivity index (χ3v) is 4.95. The molecule has 1 atom stereocenters. The van der Waals surface area contributed by atoms with E-state index in [0.29, 0.717) is 10.8 Å². The molecule has 0 heterocycles. The maximum atomic E-state index is 13.0. The lowest BCUT2D eigenvalue weighted by atomic mass is 10.1. The van der Waals surface area contributed by atoms with Gasteiger partial charge in [-0.2, -0.15) is 0 Å². The number of carbonyl (C=O) groups is 2. The van der Waals surface area contributed by atoms with Crippen molar-refractivity contribution in [1.82, 2.24) is 10.2 Å². The first-order valence-electron chi connectivity index (χ1n) is 9.72. The monoisotopic (exact) mass is 416 g/mol. The summed E-state index contributed by atoms with van der Waals surface area (Å²) in [6, 6.07) is 12.4. The van der Waals surface area contributed by atoms with Gasteiger partial charge < -0.3 is 15.0 Å². The summed E-state index contributed by atoms with van der Waals surface area (Å²) in [6.45, 7) is 9.48. The smallest absolute Gasteiger partial charge is 0.261 e. The molecule has 0 aromatic heterocycles. The van der Waals surface area contributed by atoms with E-state index in [4.69, 9.17) is 16.3 Å². The minimum absolute atomic E-state index is 0.0197. The van der Waals surface area contributed by atoms with Crippen LogP contribution in [-0.4, -0.2) is 35.4 Å². The molecular formula is C23H29ClN2O3. The van der Waals surface area contributed by atoms with Crippen LogP contribution in [0.5, 0.6) is 5.75 Å². The molecule has 29 heavy (non-hydrogen) atoms. The molecule has 0 unspecified atom stereocenters. The first kappa shape index (κ1) is 22.8. The summed E-state index contributed by atoms with van der Waals surface area (Å²) in [5.74, 6) is 0.157. The van der Waals surface area contributed by atoms with Crippen LogP contribution in [0.4, 0.5) is 0 Å². The zero-order valence-corrected chi connectivity index (χ0v) is 18.4. The van der Waals surface area contributed by atoms with E-state index in [1.807, 2.05) is 64.1 Å². The highest BCUT2D eigenvalue weighted by molar-refractivity contribution is 6.31. The number of hydrogen-bond donors (Lipinski definition) is 1. The van der Waals surface area contributed by atoms with Crippen LogP contribution < -0.4 is 10.1 Å². The number of ether oxygens (including phenoxy) is 1. The van der Waals surface area contributed by atoms with Crippen LogP contribution >= 0.6 is 11.6 Å². The van der Waals surface area contributed by atoms with Gasteiger partial charge in [-0.05, 0) is 57.9 Å². The van der Waals surface area contributed by atoms with Crippen LogP contribution in [0.25, 0.3) is 0 Å². The van der Waals surface area contributed by atoms with Gasteiger partial charge in [0.1, 0.15) is 11.8 Å². The predicted octanol–water partition coefficient (Wildman–Crippen LogP) is 4.28. The summed E-state index contributed by atoms with van der Waals surface area (Å²) in [5.41, 5.74) is 2.86. The largest absolute Gasteiger partial charge is 0.483 e. The molecule has 0 aliphatic rings. The van der Waals surface area contributed by atoms with Gasteiger partial charge in [0.15, 0.2) is 6.61 Å². The molecule has 2 aromatic rings. The summed E-state index contributed by atoms with van der Waals surface area (Å²) in [7, 11) is 0. The quantitative estimate of drug-likeness (QED) is 0.698. The number of halogens is 1. The van der Waals surface area contributed by atoms with Gasteiger partial charge in [-0.3, -0.25) is 9.59 Å². The van der Waals surface area contributed by atoms with Crippen molar-refractivity contribution >= 4 is 23.4 Å². The summed E-state index contributed by atoms with van der Waals surface area (Å²) >= 11 is 6.28. The third-order valence-electron chi connectivity index (χ3n) is 4.58. The molecule has 0 saturated carbocycles. The standard InChI is InChI=1S/C23H29ClN2O3/c1-15(2)25-23(28)18(5)26(13-19-8-6-7-9-20(19)24)22(27)14-29-21-11-10-16(3)12-17(21)4/h6-12,15,18H,13-14H2,1-5H3,(H,25,28)/t18-/m0/s1. The lowest BCUT2D eigenvalue weighted by Gasteiger charge is -2.29. The van der Waals surface area contributed by atoms with Gasteiger partial charge in [0.2, 0.25) is 5.91 Å². The van der Waals surface area contributed by atoms with E-state index < -0.39 is 6.04 Å². The first-order valence-corrected chi connectivity index (χ1v) is 10.1. The lowest BCUT2D eigenvalue weighted by Crippen LogP contribution is -2.50. The van der Waals surface area contributed by atoms with Crippen LogP contribution in [0.1, 0.15) is 37.5 Å². The molecule has 2 aromatic carbocycles. The third kappa shape index (κ3) is 6.50. The highest BCUT2D eigenvalue weighted by atomic mass is 35.5. The average Bonchev–Trinajstić information content (AvgIpc) is 2.65. The van der Waals surface area contributed by atoms with Gasteiger partial charge in [0.05, 0.1) is 0 Å². The maximum absolute atomic E-state index is 13.0. The van der Waals surface area contributed by atoms with Crippen molar-refractivity contribution in [3.05, 3.63) is 64.2 Å². The lowest BCUT2D eigenvalue weighted by molar-refractivity contribution is -0.142. The topological polar surface area (TPSA) is 58.6 Å². The van der Waals surface area contributed by atoms with Gasteiger partial charge in [-0.1, -0.05) is 47.5 Å². The predicted molar refractivity (Wildman–Crippen MR) is 116 cm³/mol. The Bertz CT molecular complexity index is 867. The van der Waals surface area contributed by atoms with Crippen molar-refractivity contribution in [1.29, 1.82) is 0 Å². The number of nitrogens with one attached hydrogen (secondary N) is 1. The SMILES string of the molecule is Cc1ccc(OCC(=O)N(Cc2ccccc2Cl)[C@@H](C)C(=O)NC(C)C)c(C)c1.